The Morgan fingerprint density at radius 2 is 2.39 bits per heavy atom. The van der Waals surface area contributed by atoms with Crippen molar-refractivity contribution in [1.82, 2.24) is 10.6 Å². The van der Waals surface area contributed by atoms with E-state index >= 15 is 0 Å². The first-order valence-corrected chi connectivity index (χ1v) is 7.78. The molecule has 0 aromatic carbocycles. The van der Waals surface area contributed by atoms with E-state index in [1.165, 1.54) is 24.1 Å². The highest BCUT2D eigenvalue weighted by Crippen LogP contribution is 2.34. The number of guanidine groups is 1. The van der Waals surface area contributed by atoms with Gasteiger partial charge in [0.25, 0.3) is 0 Å². The summed E-state index contributed by atoms with van der Waals surface area (Å²) in [4.78, 5) is 5.95. The van der Waals surface area contributed by atoms with Crippen molar-refractivity contribution in [2.24, 2.45) is 10.9 Å². The zero-order valence-corrected chi connectivity index (χ0v) is 12.1. The van der Waals surface area contributed by atoms with Crippen molar-refractivity contribution >= 4 is 17.3 Å². The van der Waals surface area contributed by atoms with Gasteiger partial charge in [-0.25, -0.2) is 4.99 Å². The van der Waals surface area contributed by atoms with E-state index in [-0.39, 0.29) is 0 Å². The van der Waals surface area contributed by atoms with Crippen LogP contribution in [-0.4, -0.2) is 18.5 Å². The van der Waals surface area contributed by atoms with Gasteiger partial charge >= 0.3 is 0 Å². The first-order valence-electron chi connectivity index (χ1n) is 6.90. The number of rotatable bonds is 6. The Morgan fingerprint density at radius 3 is 3.06 bits per heavy atom. The number of hydrogen-bond donors (Lipinski definition) is 2. The number of hydrogen-bond acceptors (Lipinski definition) is 2. The van der Waals surface area contributed by atoms with E-state index in [0.29, 0.717) is 6.04 Å². The minimum atomic E-state index is 0.645. The molecule has 0 amide bonds. The molecule has 4 heteroatoms. The molecule has 1 saturated carbocycles. The third kappa shape index (κ3) is 4.02. The summed E-state index contributed by atoms with van der Waals surface area (Å²) in [6.07, 6.45) is 3.92. The molecule has 0 aliphatic heterocycles. The summed E-state index contributed by atoms with van der Waals surface area (Å²) in [5.41, 5.74) is 0. The molecule has 3 nitrogen and oxygen atoms in total. The minimum Gasteiger partial charge on any atom is -0.357 e. The second kappa shape index (κ2) is 6.78. The summed E-state index contributed by atoms with van der Waals surface area (Å²) in [6.45, 7) is 6.06. The maximum Gasteiger partial charge on any atom is 0.191 e. The zero-order chi connectivity index (χ0) is 12.8. The Hall–Kier alpha value is -1.03. The molecule has 0 radical (unpaired) electrons. The molecule has 0 bridgehead atoms. The van der Waals surface area contributed by atoms with Gasteiger partial charge in [-0.2, -0.15) is 0 Å². The van der Waals surface area contributed by atoms with Gasteiger partial charge in [-0.05, 0) is 37.1 Å². The summed E-state index contributed by atoms with van der Waals surface area (Å²) in [7, 11) is 0. The molecule has 100 valence electrons. The van der Waals surface area contributed by atoms with Crippen molar-refractivity contribution in [1.29, 1.82) is 0 Å². The van der Waals surface area contributed by atoms with Gasteiger partial charge in [0.15, 0.2) is 5.96 Å². The summed E-state index contributed by atoms with van der Waals surface area (Å²) in [5.74, 6) is 1.83. The highest BCUT2D eigenvalue weighted by atomic mass is 32.1. The van der Waals surface area contributed by atoms with E-state index in [1.54, 1.807) is 11.3 Å². The zero-order valence-electron chi connectivity index (χ0n) is 11.3. The van der Waals surface area contributed by atoms with Crippen LogP contribution in [0.15, 0.2) is 22.5 Å². The number of thiophene rings is 1. The average molecular weight is 265 g/mol. The first kappa shape index (κ1) is 13.4. The van der Waals surface area contributed by atoms with Crippen LogP contribution in [0, 0.1) is 5.92 Å². The lowest BCUT2D eigenvalue weighted by atomic mass is 10.2. The molecule has 2 atom stereocenters. The average Bonchev–Trinajstić information content (AvgIpc) is 2.90. The lowest BCUT2D eigenvalue weighted by molar-refractivity contribution is 0.655. The first-order chi connectivity index (χ1) is 8.83. The van der Waals surface area contributed by atoms with E-state index in [0.717, 1.165) is 25.0 Å². The monoisotopic (exact) mass is 265 g/mol. The van der Waals surface area contributed by atoms with E-state index in [1.807, 2.05) is 0 Å². The Labute approximate surface area is 114 Å². The molecule has 2 unspecified atom stereocenters. The lowest BCUT2D eigenvalue weighted by Gasteiger charge is -2.10. The van der Waals surface area contributed by atoms with E-state index in [9.17, 15) is 0 Å². The number of aliphatic imine (C=N–C) groups is 1. The van der Waals surface area contributed by atoms with Crippen LogP contribution in [0.1, 0.15) is 38.0 Å². The molecule has 1 aliphatic carbocycles. The SMILES string of the molecule is CCCC1CC1NC(=NCc1cccs1)NCC. The highest BCUT2D eigenvalue weighted by molar-refractivity contribution is 7.09. The van der Waals surface area contributed by atoms with Crippen LogP contribution in [0.3, 0.4) is 0 Å². The van der Waals surface area contributed by atoms with E-state index in [4.69, 9.17) is 0 Å². The van der Waals surface area contributed by atoms with Gasteiger partial charge < -0.3 is 10.6 Å². The van der Waals surface area contributed by atoms with Crippen LogP contribution in [0.25, 0.3) is 0 Å². The van der Waals surface area contributed by atoms with Gasteiger partial charge in [0, 0.05) is 17.5 Å². The largest absolute Gasteiger partial charge is 0.357 e. The molecule has 1 fully saturated rings. The van der Waals surface area contributed by atoms with Crippen LogP contribution < -0.4 is 10.6 Å². The smallest absolute Gasteiger partial charge is 0.191 e. The molecule has 1 aromatic heterocycles. The number of nitrogens with one attached hydrogen (secondary N) is 2. The van der Waals surface area contributed by atoms with Crippen molar-refractivity contribution in [3.05, 3.63) is 22.4 Å². The summed E-state index contributed by atoms with van der Waals surface area (Å²) >= 11 is 1.76. The maximum absolute atomic E-state index is 4.64. The molecule has 0 spiro atoms. The van der Waals surface area contributed by atoms with Crippen molar-refractivity contribution in [3.8, 4) is 0 Å². The lowest BCUT2D eigenvalue weighted by Crippen LogP contribution is -2.39. The van der Waals surface area contributed by atoms with Gasteiger partial charge in [0.2, 0.25) is 0 Å². The van der Waals surface area contributed by atoms with Crippen molar-refractivity contribution < 1.29 is 0 Å². The van der Waals surface area contributed by atoms with Gasteiger partial charge in [0.1, 0.15) is 0 Å². The fourth-order valence-electron chi connectivity index (χ4n) is 2.17. The molecule has 1 aromatic rings. The fourth-order valence-corrected chi connectivity index (χ4v) is 2.80. The van der Waals surface area contributed by atoms with Gasteiger partial charge in [-0.3, -0.25) is 0 Å². The third-order valence-electron chi connectivity index (χ3n) is 3.22. The normalized spacial score (nSPS) is 22.9. The minimum absolute atomic E-state index is 0.645. The second-order valence-electron chi connectivity index (χ2n) is 4.81. The summed E-state index contributed by atoms with van der Waals surface area (Å²) < 4.78 is 0. The third-order valence-corrected chi connectivity index (χ3v) is 4.08. The van der Waals surface area contributed by atoms with Crippen LogP contribution >= 0.6 is 11.3 Å². The van der Waals surface area contributed by atoms with Gasteiger partial charge in [-0.1, -0.05) is 19.4 Å². The van der Waals surface area contributed by atoms with E-state index < -0.39 is 0 Å². The highest BCUT2D eigenvalue weighted by Gasteiger charge is 2.36. The van der Waals surface area contributed by atoms with Crippen molar-refractivity contribution in [2.75, 3.05) is 6.54 Å². The Bertz CT molecular complexity index is 372. The van der Waals surface area contributed by atoms with Crippen LogP contribution in [0.5, 0.6) is 0 Å². The summed E-state index contributed by atoms with van der Waals surface area (Å²) in [6, 6.07) is 4.86. The van der Waals surface area contributed by atoms with Crippen LogP contribution in [0.2, 0.25) is 0 Å². The second-order valence-corrected chi connectivity index (χ2v) is 5.84. The molecule has 2 rings (SSSR count). The molecular formula is C14H23N3S. The summed E-state index contributed by atoms with van der Waals surface area (Å²) in [5, 5.41) is 8.96. The molecular weight excluding hydrogens is 242 g/mol. The fraction of sp³-hybridized carbons (Fsp3) is 0.643. The standard InChI is InChI=1S/C14H23N3S/c1-3-6-11-9-13(11)17-14(15-4-2)16-10-12-7-5-8-18-12/h5,7-8,11,13H,3-4,6,9-10H2,1-2H3,(H2,15,16,17). The Kier molecular flexibility index (Phi) is 5.05. The van der Waals surface area contributed by atoms with Gasteiger partial charge in [0.05, 0.1) is 6.54 Å². The quantitative estimate of drug-likeness (QED) is 0.613. The molecule has 18 heavy (non-hydrogen) atoms. The van der Waals surface area contributed by atoms with Crippen LogP contribution in [-0.2, 0) is 6.54 Å². The van der Waals surface area contributed by atoms with Gasteiger partial charge in [-0.15, -0.1) is 11.3 Å². The molecule has 0 saturated heterocycles. The van der Waals surface area contributed by atoms with Crippen molar-refractivity contribution in [2.45, 2.75) is 45.7 Å². The molecule has 2 N–H and O–H groups in total. The predicted octanol–water partition coefficient (Wildman–Crippen LogP) is 2.99. The van der Waals surface area contributed by atoms with Crippen LogP contribution in [0.4, 0.5) is 0 Å². The molecule has 1 heterocycles. The van der Waals surface area contributed by atoms with E-state index in [2.05, 4.69) is 47.0 Å². The Balaban J connectivity index is 1.82. The van der Waals surface area contributed by atoms with Crippen molar-refractivity contribution in [3.63, 3.8) is 0 Å². The molecule has 1 aliphatic rings. The number of nitrogens with zero attached hydrogens (tertiary/aromatic N) is 1. The Morgan fingerprint density at radius 1 is 1.50 bits per heavy atom. The predicted molar refractivity (Wildman–Crippen MR) is 79.1 cm³/mol. The maximum atomic E-state index is 4.64. The topological polar surface area (TPSA) is 36.4 Å².